The van der Waals surface area contributed by atoms with Crippen LogP contribution in [0.5, 0.6) is 0 Å². The van der Waals surface area contributed by atoms with E-state index in [-0.39, 0.29) is 11.8 Å². The number of hydrogen-bond acceptors (Lipinski definition) is 4. The second kappa shape index (κ2) is 4.93. The molecule has 16 heavy (non-hydrogen) atoms. The van der Waals surface area contributed by atoms with E-state index >= 15 is 0 Å². The molecule has 0 atom stereocenters. The molecule has 1 aliphatic rings. The van der Waals surface area contributed by atoms with Crippen LogP contribution < -0.4 is 0 Å². The molecule has 4 nitrogen and oxygen atoms in total. The highest BCUT2D eigenvalue weighted by atomic mass is 35.5. The average molecular weight is 259 g/mol. The highest BCUT2D eigenvalue weighted by Crippen LogP contribution is 2.18. The Morgan fingerprint density at radius 3 is 2.62 bits per heavy atom. The fraction of sp³-hybridized carbons (Fsp3) is 0.500. The number of rotatable bonds is 3. The number of nitrogens with zero attached hydrogens (tertiary/aromatic N) is 2. The number of carbonyl (C=O) groups is 2. The van der Waals surface area contributed by atoms with Gasteiger partial charge in [0.25, 0.3) is 0 Å². The minimum Gasteiger partial charge on any atom is -0.276 e. The second-order valence-corrected chi connectivity index (χ2v) is 4.80. The van der Waals surface area contributed by atoms with Crippen molar-refractivity contribution in [3.05, 3.63) is 16.1 Å². The molecule has 1 aromatic heterocycles. The van der Waals surface area contributed by atoms with Gasteiger partial charge in [-0.25, -0.2) is 4.98 Å². The van der Waals surface area contributed by atoms with E-state index in [0.29, 0.717) is 31.7 Å². The van der Waals surface area contributed by atoms with Crippen molar-refractivity contribution in [1.29, 1.82) is 0 Å². The molecule has 0 aliphatic carbocycles. The van der Waals surface area contributed by atoms with Gasteiger partial charge >= 0.3 is 0 Å². The normalized spacial score (nSPS) is 16.9. The highest BCUT2D eigenvalue weighted by Gasteiger charge is 2.26. The van der Waals surface area contributed by atoms with Crippen LogP contribution in [0.4, 0.5) is 0 Å². The maximum absolute atomic E-state index is 11.5. The highest BCUT2D eigenvalue weighted by molar-refractivity contribution is 7.09. The fourth-order valence-corrected chi connectivity index (χ4v) is 2.60. The van der Waals surface area contributed by atoms with Crippen molar-refractivity contribution in [1.82, 2.24) is 9.88 Å². The largest absolute Gasteiger partial charge is 0.276 e. The first-order chi connectivity index (χ1) is 7.70. The summed E-state index contributed by atoms with van der Waals surface area (Å²) in [6, 6.07) is 0. The van der Waals surface area contributed by atoms with E-state index in [0.717, 1.165) is 10.7 Å². The summed E-state index contributed by atoms with van der Waals surface area (Å²) < 4.78 is 0. The molecule has 1 fully saturated rings. The molecule has 0 bridgehead atoms. The molecule has 0 spiro atoms. The van der Waals surface area contributed by atoms with Gasteiger partial charge in [-0.15, -0.1) is 22.9 Å². The van der Waals surface area contributed by atoms with Gasteiger partial charge in [0.1, 0.15) is 5.01 Å². The van der Waals surface area contributed by atoms with Crippen LogP contribution in [-0.2, 0) is 22.0 Å². The van der Waals surface area contributed by atoms with Crippen molar-refractivity contribution in [3.8, 4) is 0 Å². The number of piperidine rings is 1. The number of imide groups is 1. The zero-order chi connectivity index (χ0) is 11.5. The average Bonchev–Trinajstić information content (AvgIpc) is 2.71. The van der Waals surface area contributed by atoms with Gasteiger partial charge in [0.05, 0.1) is 18.1 Å². The van der Waals surface area contributed by atoms with Crippen LogP contribution in [0.25, 0.3) is 0 Å². The summed E-state index contributed by atoms with van der Waals surface area (Å²) in [6.45, 7) is 0.291. The predicted octanol–water partition coefficient (Wildman–Crippen LogP) is 1.92. The molecule has 1 aliphatic heterocycles. The second-order valence-electron chi connectivity index (χ2n) is 3.59. The first kappa shape index (κ1) is 11.5. The summed E-state index contributed by atoms with van der Waals surface area (Å²) in [4.78, 5) is 28.6. The smallest absolute Gasteiger partial charge is 0.229 e. The lowest BCUT2D eigenvalue weighted by atomic mass is 10.1. The Morgan fingerprint density at radius 2 is 2.06 bits per heavy atom. The number of amides is 2. The number of thiazole rings is 1. The number of likely N-dealkylation sites (tertiary alicyclic amines) is 1. The summed E-state index contributed by atoms with van der Waals surface area (Å²) in [5.74, 6) is 0.163. The zero-order valence-corrected chi connectivity index (χ0v) is 10.2. The van der Waals surface area contributed by atoms with Crippen molar-refractivity contribution >= 4 is 34.8 Å². The van der Waals surface area contributed by atoms with Gasteiger partial charge in [0.2, 0.25) is 11.8 Å². The van der Waals surface area contributed by atoms with Crippen LogP contribution in [0.15, 0.2) is 5.38 Å². The fourth-order valence-electron chi connectivity index (χ4n) is 1.59. The number of alkyl halides is 1. The van der Waals surface area contributed by atoms with Crippen molar-refractivity contribution in [2.45, 2.75) is 31.7 Å². The van der Waals surface area contributed by atoms with E-state index in [2.05, 4.69) is 4.98 Å². The Labute approximate surface area is 102 Å². The van der Waals surface area contributed by atoms with E-state index in [9.17, 15) is 9.59 Å². The van der Waals surface area contributed by atoms with Crippen molar-refractivity contribution in [3.63, 3.8) is 0 Å². The van der Waals surface area contributed by atoms with Crippen LogP contribution in [0, 0.1) is 0 Å². The quantitative estimate of drug-likeness (QED) is 0.615. The molecule has 2 amide bonds. The maximum Gasteiger partial charge on any atom is 0.229 e. The van der Waals surface area contributed by atoms with Crippen molar-refractivity contribution in [2.24, 2.45) is 0 Å². The van der Waals surface area contributed by atoms with Gasteiger partial charge < -0.3 is 0 Å². The lowest BCUT2D eigenvalue weighted by Gasteiger charge is -2.23. The molecule has 86 valence electrons. The van der Waals surface area contributed by atoms with Gasteiger partial charge in [-0.3, -0.25) is 14.5 Å². The molecule has 6 heteroatoms. The first-order valence-electron chi connectivity index (χ1n) is 5.03. The summed E-state index contributed by atoms with van der Waals surface area (Å²) in [5.41, 5.74) is 0.790. The standard InChI is InChI=1S/C10H11ClN2O2S/c11-4-7-6-16-8(12-7)5-13-9(14)2-1-3-10(13)15/h6H,1-5H2. The minimum absolute atomic E-state index is 0.0983. The van der Waals surface area contributed by atoms with Crippen LogP contribution >= 0.6 is 22.9 Å². The molecule has 1 saturated heterocycles. The lowest BCUT2D eigenvalue weighted by Crippen LogP contribution is -2.39. The zero-order valence-electron chi connectivity index (χ0n) is 8.61. The number of aromatic nitrogens is 1. The molecule has 0 saturated carbocycles. The SMILES string of the molecule is O=C1CCCC(=O)N1Cc1nc(CCl)cs1. The maximum atomic E-state index is 11.5. The molecule has 0 unspecified atom stereocenters. The minimum atomic E-state index is -0.0983. The van der Waals surface area contributed by atoms with Gasteiger partial charge in [-0.05, 0) is 6.42 Å². The molecule has 0 radical (unpaired) electrons. The Kier molecular flexibility index (Phi) is 3.56. The molecule has 0 N–H and O–H groups in total. The van der Waals surface area contributed by atoms with Gasteiger partial charge in [0.15, 0.2) is 0 Å². The third-order valence-corrected chi connectivity index (χ3v) is 3.57. The number of halogens is 1. The third kappa shape index (κ3) is 2.41. The topological polar surface area (TPSA) is 50.3 Å². The van der Waals surface area contributed by atoms with Gasteiger partial charge in [-0.1, -0.05) is 0 Å². The Bertz CT molecular complexity index is 403. The van der Waals surface area contributed by atoms with Crippen LogP contribution in [-0.4, -0.2) is 21.7 Å². The number of hydrogen-bond donors (Lipinski definition) is 0. The first-order valence-corrected chi connectivity index (χ1v) is 6.44. The van der Waals surface area contributed by atoms with Crippen molar-refractivity contribution in [2.75, 3.05) is 0 Å². The lowest BCUT2D eigenvalue weighted by molar-refractivity contribution is -0.148. The van der Waals surface area contributed by atoms with Crippen LogP contribution in [0.1, 0.15) is 30.0 Å². The molecule has 2 rings (SSSR count). The summed E-state index contributed by atoms with van der Waals surface area (Å²) in [7, 11) is 0. The van der Waals surface area contributed by atoms with Gasteiger partial charge in [0, 0.05) is 18.2 Å². The predicted molar refractivity (Wildman–Crippen MR) is 61.1 cm³/mol. The summed E-state index contributed by atoms with van der Waals surface area (Å²) in [6.07, 6.45) is 1.58. The van der Waals surface area contributed by atoms with Crippen molar-refractivity contribution < 1.29 is 9.59 Å². The number of carbonyl (C=O) groups excluding carboxylic acids is 2. The monoisotopic (exact) mass is 258 g/mol. The Morgan fingerprint density at radius 1 is 1.38 bits per heavy atom. The van der Waals surface area contributed by atoms with E-state index in [1.807, 2.05) is 5.38 Å². The van der Waals surface area contributed by atoms with E-state index in [1.165, 1.54) is 16.2 Å². The van der Waals surface area contributed by atoms with E-state index < -0.39 is 0 Å². The molecule has 2 heterocycles. The van der Waals surface area contributed by atoms with E-state index in [1.54, 1.807) is 0 Å². The Balaban J connectivity index is 2.07. The molecule has 1 aromatic rings. The van der Waals surface area contributed by atoms with Crippen LogP contribution in [0.3, 0.4) is 0 Å². The Hall–Kier alpha value is -0.940. The van der Waals surface area contributed by atoms with Gasteiger partial charge in [-0.2, -0.15) is 0 Å². The molecular formula is C10H11ClN2O2S. The summed E-state index contributed by atoms with van der Waals surface area (Å²) >= 11 is 7.07. The molecular weight excluding hydrogens is 248 g/mol. The third-order valence-electron chi connectivity index (χ3n) is 2.41. The summed E-state index contributed by atoms with van der Waals surface area (Å²) in [5, 5.41) is 2.61. The van der Waals surface area contributed by atoms with E-state index in [4.69, 9.17) is 11.6 Å². The molecule has 0 aromatic carbocycles. The van der Waals surface area contributed by atoms with Crippen LogP contribution in [0.2, 0.25) is 0 Å².